The molecule has 106 valence electrons. The number of fused-ring (bicyclic) bond motifs is 1. The van der Waals surface area contributed by atoms with E-state index in [1.165, 1.54) is 12.8 Å². The molecule has 2 fully saturated rings. The van der Waals surface area contributed by atoms with Crippen LogP contribution in [0.4, 0.5) is 5.82 Å². The van der Waals surface area contributed by atoms with E-state index in [0.29, 0.717) is 12.1 Å². The predicted molar refractivity (Wildman–Crippen MR) is 74.6 cm³/mol. The van der Waals surface area contributed by atoms with Crippen molar-refractivity contribution in [1.29, 1.82) is 0 Å². The highest BCUT2D eigenvalue weighted by atomic mass is 16.5. The van der Waals surface area contributed by atoms with E-state index in [1.54, 1.807) is 4.52 Å². The van der Waals surface area contributed by atoms with E-state index in [-0.39, 0.29) is 0 Å². The first-order valence-corrected chi connectivity index (χ1v) is 7.37. The van der Waals surface area contributed by atoms with Crippen LogP contribution in [0.15, 0.2) is 12.1 Å². The van der Waals surface area contributed by atoms with Crippen molar-refractivity contribution in [3.63, 3.8) is 0 Å². The smallest absolute Gasteiger partial charge is 0.178 e. The Bertz CT molecular complexity index is 621. The molecule has 0 aromatic carbocycles. The van der Waals surface area contributed by atoms with Crippen molar-refractivity contribution in [3.05, 3.63) is 18.0 Å². The van der Waals surface area contributed by atoms with Gasteiger partial charge in [0.25, 0.3) is 0 Å². The Morgan fingerprint density at radius 3 is 3.00 bits per heavy atom. The molecule has 2 atom stereocenters. The van der Waals surface area contributed by atoms with Gasteiger partial charge in [-0.3, -0.25) is 0 Å². The van der Waals surface area contributed by atoms with Crippen molar-refractivity contribution < 1.29 is 4.74 Å². The molecule has 2 unspecified atom stereocenters. The van der Waals surface area contributed by atoms with E-state index in [2.05, 4.69) is 20.6 Å². The minimum atomic E-state index is 0.446. The molecule has 0 radical (unpaired) electrons. The molecule has 20 heavy (non-hydrogen) atoms. The van der Waals surface area contributed by atoms with E-state index >= 15 is 0 Å². The highest BCUT2D eigenvalue weighted by molar-refractivity contribution is 5.44. The van der Waals surface area contributed by atoms with Gasteiger partial charge in [-0.15, -0.1) is 15.3 Å². The first kappa shape index (κ1) is 12.1. The third kappa shape index (κ3) is 2.24. The van der Waals surface area contributed by atoms with Crippen LogP contribution in [0.25, 0.3) is 5.65 Å². The van der Waals surface area contributed by atoms with Crippen molar-refractivity contribution in [2.45, 2.75) is 44.8 Å². The van der Waals surface area contributed by atoms with Gasteiger partial charge in [-0.1, -0.05) is 0 Å². The summed E-state index contributed by atoms with van der Waals surface area (Å²) in [6.07, 6.45) is 5.25. The third-order valence-electron chi connectivity index (χ3n) is 4.23. The van der Waals surface area contributed by atoms with E-state index in [9.17, 15) is 0 Å². The number of hydrogen-bond acceptors (Lipinski definition) is 5. The topological polar surface area (TPSA) is 64.3 Å². The number of nitrogens with zero attached hydrogens (tertiary/aromatic N) is 4. The van der Waals surface area contributed by atoms with Gasteiger partial charge in [-0.25, -0.2) is 0 Å². The zero-order chi connectivity index (χ0) is 13.5. The highest BCUT2D eigenvalue weighted by Gasteiger charge is 2.35. The highest BCUT2D eigenvalue weighted by Crippen LogP contribution is 2.38. The molecular formula is C14H19N5O. The first-order chi connectivity index (χ1) is 9.79. The third-order valence-corrected chi connectivity index (χ3v) is 4.23. The molecule has 2 aliphatic rings. The Morgan fingerprint density at radius 2 is 2.15 bits per heavy atom. The number of aryl methyl sites for hydroxylation is 1. The van der Waals surface area contributed by atoms with Crippen LogP contribution >= 0.6 is 0 Å². The van der Waals surface area contributed by atoms with Crippen molar-refractivity contribution in [2.75, 3.05) is 11.9 Å². The summed E-state index contributed by atoms with van der Waals surface area (Å²) in [5, 5.41) is 16.2. The van der Waals surface area contributed by atoms with E-state index in [4.69, 9.17) is 4.74 Å². The minimum Gasteiger partial charge on any atom is -0.378 e. The lowest BCUT2D eigenvalue weighted by molar-refractivity contribution is -0.00224. The molecule has 1 aliphatic heterocycles. The molecule has 2 aromatic rings. The standard InChI is InChI=1S/C14H19N5O/c1-9-16-17-14-5-4-13(18-19(9)14)15-11-6-7-20-12(8-11)10-2-3-10/h4-5,10-12H,2-3,6-8H2,1H3,(H,15,18). The summed E-state index contributed by atoms with van der Waals surface area (Å²) < 4.78 is 7.64. The van der Waals surface area contributed by atoms with Crippen molar-refractivity contribution in [3.8, 4) is 0 Å². The normalized spacial score (nSPS) is 26.9. The number of ether oxygens (including phenoxy) is 1. The monoisotopic (exact) mass is 273 g/mol. The quantitative estimate of drug-likeness (QED) is 0.924. The SMILES string of the molecule is Cc1nnc2ccc(NC3CCOC(C4CC4)C3)nn12. The van der Waals surface area contributed by atoms with Gasteiger partial charge in [-0.05, 0) is 50.7 Å². The number of rotatable bonds is 3. The second-order valence-electron chi connectivity index (χ2n) is 5.85. The summed E-state index contributed by atoms with van der Waals surface area (Å²) in [6.45, 7) is 2.76. The Morgan fingerprint density at radius 1 is 1.25 bits per heavy atom. The summed E-state index contributed by atoms with van der Waals surface area (Å²) in [5.74, 6) is 2.50. The van der Waals surface area contributed by atoms with E-state index < -0.39 is 0 Å². The second-order valence-corrected chi connectivity index (χ2v) is 5.85. The lowest BCUT2D eigenvalue weighted by Crippen LogP contribution is -2.35. The Labute approximate surface area is 117 Å². The van der Waals surface area contributed by atoms with Gasteiger partial charge >= 0.3 is 0 Å². The van der Waals surface area contributed by atoms with Crippen LogP contribution in [0.3, 0.4) is 0 Å². The zero-order valence-corrected chi connectivity index (χ0v) is 11.6. The molecule has 1 N–H and O–H groups in total. The molecule has 6 heteroatoms. The van der Waals surface area contributed by atoms with Gasteiger partial charge in [0.1, 0.15) is 5.82 Å². The predicted octanol–water partition coefficient (Wildman–Crippen LogP) is 1.80. The van der Waals surface area contributed by atoms with Crippen LogP contribution in [0.5, 0.6) is 0 Å². The molecule has 0 spiro atoms. The van der Waals surface area contributed by atoms with Crippen LogP contribution in [0, 0.1) is 12.8 Å². The van der Waals surface area contributed by atoms with Gasteiger partial charge in [0.2, 0.25) is 0 Å². The summed E-state index contributed by atoms with van der Waals surface area (Å²) in [7, 11) is 0. The lowest BCUT2D eigenvalue weighted by atomic mass is 10.00. The van der Waals surface area contributed by atoms with Gasteiger partial charge in [0.05, 0.1) is 6.10 Å². The largest absolute Gasteiger partial charge is 0.378 e. The minimum absolute atomic E-state index is 0.446. The fourth-order valence-corrected chi connectivity index (χ4v) is 2.94. The molecule has 0 amide bonds. The maximum Gasteiger partial charge on any atom is 0.178 e. The van der Waals surface area contributed by atoms with Crippen LogP contribution in [-0.2, 0) is 4.74 Å². The molecule has 4 rings (SSSR count). The average Bonchev–Trinajstić information content (AvgIpc) is 3.25. The molecule has 1 aliphatic carbocycles. The van der Waals surface area contributed by atoms with Gasteiger partial charge < -0.3 is 10.1 Å². The molecule has 2 aromatic heterocycles. The lowest BCUT2D eigenvalue weighted by Gasteiger charge is -2.30. The second kappa shape index (κ2) is 4.70. The van der Waals surface area contributed by atoms with Gasteiger partial charge in [0.15, 0.2) is 11.5 Å². The van der Waals surface area contributed by atoms with Gasteiger partial charge in [0, 0.05) is 12.6 Å². The maximum atomic E-state index is 5.86. The number of hydrogen-bond donors (Lipinski definition) is 1. The fraction of sp³-hybridized carbons (Fsp3) is 0.643. The Kier molecular flexibility index (Phi) is 2.84. The van der Waals surface area contributed by atoms with E-state index in [0.717, 1.165) is 42.7 Å². The van der Waals surface area contributed by atoms with Crippen LogP contribution in [0.2, 0.25) is 0 Å². The van der Waals surface area contributed by atoms with Crippen LogP contribution < -0.4 is 5.32 Å². The summed E-state index contributed by atoms with van der Waals surface area (Å²) in [6, 6.07) is 4.38. The Balaban J connectivity index is 1.49. The number of aromatic nitrogens is 4. The molecule has 3 heterocycles. The number of anilines is 1. The maximum absolute atomic E-state index is 5.86. The summed E-state index contributed by atoms with van der Waals surface area (Å²) >= 11 is 0. The number of nitrogens with one attached hydrogen (secondary N) is 1. The molecule has 1 saturated heterocycles. The van der Waals surface area contributed by atoms with Crippen molar-refractivity contribution >= 4 is 11.5 Å². The zero-order valence-electron chi connectivity index (χ0n) is 11.6. The molecule has 0 bridgehead atoms. The molecule has 6 nitrogen and oxygen atoms in total. The van der Waals surface area contributed by atoms with Crippen LogP contribution in [-0.4, -0.2) is 38.6 Å². The fourth-order valence-electron chi connectivity index (χ4n) is 2.94. The van der Waals surface area contributed by atoms with Gasteiger partial charge in [-0.2, -0.15) is 4.52 Å². The molecule has 1 saturated carbocycles. The van der Waals surface area contributed by atoms with E-state index in [1.807, 2.05) is 19.1 Å². The molecular weight excluding hydrogens is 254 g/mol. The first-order valence-electron chi connectivity index (χ1n) is 7.37. The van der Waals surface area contributed by atoms with Crippen molar-refractivity contribution in [2.24, 2.45) is 5.92 Å². The summed E-state index contributed by atoms with van der Waals surface area (Å²) in [5.41, 5.74) is 0.788. The van der Waals surface area contributed by atoms with Crippen molar-refractivity contribution in [1.82, 2.24) is 19.8 Å². The van der Waals surface area contributed by atoms with Crippen LogP contribution in [0.1, 0.15) is 31.5 Å². The summed E-state index contributed by atoms with van der Waals surface area (Å²) in [4.78, 5) is 0. The average molecular weight is 273 g/mol. The Hall–Kier alpha value is -1.69.